The summed E-state index contributed by atoms with van der Waals surface area (Å²) in [5, 5.41) is 4.17. The highest BCUT2D eigenvalue weighted by Gasteiger charge is 2.27. The summed E-state index contributed by atoms with van der Waals surface area (Å²) in [6.45, 7) is -1.04. The summed E-state index contributed by atoms with van der Waals surface area (Å²) < 4.78 is 43.2. The van der Waals surface area contributed by atoms with Crippen molar-refractivity contribution in [1.29, 1.82) is 0 Å². The number of ether oxygens (including phenoxy) is 1. The number of H-pyrrole nitrogens is 1. The second-order valence-corrected chi connectivity index (χ2v) is 8.93. The van der Waals surface area contributed by atoms with E-state index in [1.165, 1.54) is 13.2 Å². The molecule has 0 saturated heterocycles. The average Bonchev–Trinajstić information content (AvgIpc) is 3.17. The van der Waals surface area contributed by atoms with Crippen molar-refractivity contribution in [3.63, 3.8) is 0 Å². The van der Waals surface area contributed by atoms with Crippen LogP contribution in [-0.4, -0.2) is 56.5 Å². The molecule has 0 spiro atoms. The topological polar surface area (TPSA) is 113 Å². The van der Waals surface area contributed by atoms with E-state index in [4.69, 9.17) is 4.74 Å². The van der Waals surface area contributed by atoms with E-state index in [0.29, 0.717) is 11.3 Å². The lowest BCUT2D eigenvalue weighted by Gasteiger charge is -2.30. The van der Waals surface area contributed by atoms with Gasteiger partial charge in [-0.25, -0.2) is 27.3 Å². The van der Waals surface area contributed by atoms with Crippen molar-refractivity contribution >= 4 is 32.7 Å². The molecule has 1 saturated carbocycles. The number of sulfonamides is 1. The number of esters is 1. The van der Waals surface area contributed by atoms with Crippen LogP contribution in [0.4, 0.5) is 10.1 Å². The van der Waals surface area contributed by atoms with Gasteiger partial charge in [-0.3, -0.25) is 0 Å². The first-order chi connectivity index (χ1) is 13.4. The number of alkyl halides is 1. The highest BCUT2D eigenvalue weighted by atomic mass is 32.2. The Hall–Kier alpha value is -2.20. The number of halogens is 1. The number of aromatic amines is 1. The number of carbonyl (C=O) groups is 1. The molecule has 2 aromatic rings. The molecule has 8 nitrogen and oxygen atoms in total. The van der Waals surface area contributed by atoms with Gasteiger partial charge in [0.15, 0.2) is 0 Å². The van der Waals surface area contributed by atoms with Crippen LogP contribution in [0.2, 0.25) is 0 Å². The van der Waals surface area contributed by atoms with Crippen LogP contribution in [0.25, 0.3) is 11.0 Å². The molecule has 3 rings (SSSR count). The van der Waals surface area contributed by atoms with E-state index in [1.807, 2.05) is 6.07 Å². The fourth-order valence-electron chi connectivity index (χ4n) is 3.60. The molecule has 2 aromatic heterocycles. The maximum Gasteiger partial charge on any atom is 0.341 e. The Morgan fingerprint density at radius 1 is 1.36 bits per heavy atom. The fraction of sp³-hybridized carbons (Fsp3) is 0.556. The summed E-state index contributed by atoms with van der Waals surface area (Å²) in [4.78, 5) is 19.6. The summed E-state index contributed by atoms with van der Waals surface area (Å²) in [6, 6.07) is 1.92. The molecule has 1 fully saturated rings. The number of fused-ring (bicyclic) bond motifs is 1. The van der Waals surface area contributed by atoms with Gasteiger partial charge in [-0.05, 0) is 44.7 Å². The lowest BCUT2D eigenvalue weighted by molar-refractivity contribution is 0.0482. The van der Waals surface area contributed by atoms with Gasteiger partial charge < -0.3 is 15.0 Å². The standard InChI is InChI=1S/C18H25FN4O4S/c1-20-28(25,26)11-12-2-4-13(5-3-12)23-16-14-6-8-21-17(14)22-10-15(16)18(24)27-9-7-19/h6,8,10,12-13,20H,2-5,7,9,11H2,1H3,(H2,21,22,23). The van der Waals surface area contributed by atoms with E-state index in [0.717, 1.165) is 31.1 Å². The largest absolute Gasteiger partial charge is 0.459 e. The third-order valence-corrected chi connectivity index (χ3v) is 6.61. The molecule has 2 heterocycles. The summed E-state index contributed by atoms with van der Waals surface area (Å²) in [5.41, 5.74) is 1.51. The van der Waals surface area contributed by atoms with Crippen LogP contribution < -0.4 is 10.0 Å². The Balaban J connectivity index is 1.73. The predicted octanol–water partition coefficient (Wildman–Crippen LogP) is 2.21. The van der Waals surface area contributed by atoms with Crippen molar-refractivity contribution in [3.05, 3.63) is 24.0 Å². The minimum atomic E-state index is -3.22. The van der Waals surface area contributed by atoms with Crippen molar-refractivity contribution in [2.75, 3.05) is 31.4 Å². The molecule has 0 aliphatic heterocycles. The van der Waals surface area contributed by atoms with Crippen molar-refractivity contribution in [3.8, 4) is 0 Å². The Bertz CT molecular complexity index is 923. The average molecular weight is 412 g/mol. The number of nitrogens with zero attached hydrogens (tertiary/aromatic N) is 1. The predicted molar refractivity (Wildman–Crippen MR) is 105 cm³/mol. The fourth-order valence-corrected chi connectivity index (χ4v) is 4.72. The zero-order valence-corrected chi connectivity index (χ0v) is 16.5. The molecule has 154 valence electrons. The molecular weight excluding hydrogens is 387 g/mol. The molecular formula is C18H25FN4O4S. The quantitative estimate of drug-likeness (QED) is 0.573. The van der Waals surface area contributed by atoms with Crippen molar-refractivity contribution < 1.29 is 22.3 Å². The Kier molecular flexibility index (Phi) is 6.50. The molecule has 0 aromatic carbocycles. The maximum absolute atomic E-state index is 12.4. The molecule has 1 aliphatic rings. The molecule has 3 N–H and O–H groups in total. The summed E-state index contributed by atoms with van der Waals surface area (Å²) in [7, 11) is -1.79. The zero-order chi connectivity index (χ0) is 20.1. The number of hydrogen-bond acceptors (Lipinski definition) is 6. The molecule has 1 aliphatic carbocycles. The highest BCUT2D eigenvalue weighted by Crippen LogP contribution is 2.32. The second kappa shape index (κ2) is 8.87. The molecule has 0 atom stereocenters. The third-order valence-electron chi connectivity index (χ3n) is 5.08. The van der Waals surface area contributed by atoms with E-state index in [2.05, 4.69) is 20.0 Å². The first-order valence-electron chi connectivity index (χ1n) is 9.30. The van der Waals surface area contributed by atoms with Gasteiger partial charge in [-0.1, -0.05) is 0 Å². The number of nitrogens with one attached hydrogen (secondary N) is 3. The Labute approximate surface area is 163 Å². The summed E-state index contributed by atoms with van der Waals surface area (Å²) >= 11 is 0. The lowest BCUT2D eigenvalue weighted by Crippen LogP contribution is -2.32. The summed E-state index contributed by atoms with van der Waals surface area (Å²) in [6.07, 6.45) is 6.29. The van der Waals surface area contributed by atoms with Crippen LogP contribution in [0.15, 0.2) is 18.5 Å². The normalized spacial score (nSPS) is 20.2. The number of aromatic nitrogens is 2. The molecule has 0 radical (unpaired) electrons. The number of rotatable bonds is 8. The van der Waals surface area contributed by atoms with Gasteiger partial charge in [-0.2, -0.15) is 0 Å². The lowest BCUT2D eigenvalue weighted by atomic mass is 9.87. The minimum Gasteiger partial charge on any atom is -0.459 e. The zero-order valence-electron chi connectivity index (χ0n) is 15.7. The first-order valence-corrected chi connectivity index (χ1v) is 11.0. The van der Waals surface area contributed by atoms with Gasteiger partial charge in [0.2, 0.25) is 10.0 Å². The third kappa shape index (κ3) is 4.79. The van der Waals surface area contributed by atoms with E-state index in [-0.39, 0.29) is 29.9 Å². The molecule has 0 amide bonds. The van der Waals surface area contributed by atoms with E-state index >= 15 is 0 Å². The van der Waals surface area contributed by atoms with Crippen molar-refractivity contribution in [1.82, 2.24) is 14.7 Å². The highest BCUT2D eigenvalue weighted by molar-refractivity contribution is 7.89. The van der Waals surface area contributed by atoms with Gasteiger partial charge in [0, 0.05) is 23.8 Å². The van der Waals surface area contributed by atoms with Crippen LogP contribution in [0.3, 0.4) is 0 Å². The van der Waals surface area contributed by atoms with Gasteiger partial charge in [0.1, 0.15) is 24.5 Å². The molecule has 28 heavy (non-hydrogen) atoms. The van der Waals surface area contributed by atoms with Crippen LogP contribution in [0.1, 0.15) is 36.0 Å². The second-order valence-electron chi connectivity index (χ2n) is 6.96. The van der Waals surface area contributed by atoms with Gasteiger partial charge in [0.25, 0.3) is 0 Å². The smallest absolute Gasteiger partial charge is 0.341 e. The monoisotopic (exact) mass is 412 g/mol. The van der Waals surface area contributed by atoms with Crippen molar-refractivity contribution in [2.45, 2.75) is 31.7 Å². The van der Waals surface area contributed by atoms with Crippen molar-refractivity contribution in [2.24, 2.45) is 5.92 Å². The first kappa shape index (κ1) is 20.5. The number of anilines is 1. The van der Waals surface area contributed by atoms with Crippen LogP contribution >= 0.6 is 0 Å². The SMILES string of the molecule is CNS(=O)(=O)CC1CCC(Nc2c(C(=O)OCCF)cnc3[nH]ccc23)CC1. The van der Waals surface area contributed by atoms with Gasteiger partial charge >= 0.3 is 5.97 Å². The molecule has 0 bridgehead atoms. The van der Waals surface area contributed by atoms with E-state index < -0.39 is 22.7 Å². The summed E-state index contributed by atoms with van der Waals surface area (Å²) in [5.74, 6) is -0.368. The number of carbonyl (C=O) groups excluding carboxylic acids is 1. The van der Waals surface area contributed by atoms with E-state index in [9.17, 15) is 17.6 Å². The molecule has 0 unspecified atom stereocenters. The maximum atomic E-state index is 12.4. The minimum absolute atomic E-state index is 0.0989. The Morgan fingerprint density at radius 3 is 2.79 bits per heavy atom. The Morgan fingerprint density at radius 2 is 2.11 bits per heavy atom. The molecule has 10 heteroatoms. The van der Waals surface area contributed by atoms with Crippen LogP contribution in [0.5, 0.6) is 0 Å². The number of pyridine rings is 1. The van der Waals surface area contributed by atoms with E-state index in [1.54, 1.807) is 6.20 Å². The van der Waals surface area contributed by atoms with Crippen LogP contribution in [-0.2, 0) is 14.8 Å². The number of hydrogen-bond donors (Lipinski definition) is 3. The van der Waals surface area contributed by atoms with Gasteiger partial charge in [0.05, 0.1) is 11.4 Å². The van der Waals surface area contributed by atoms with Gasteiger partial charge in [-0.15, -0.1) is 0 Å². The van der Waals surface area contributed by atoms with Crippen LogP contribution in [0, 0.1) is 5.92 Å².